The number of phenols is 1. The minimum Gasteiger partial charge on any atom is -0.508 e. The first-order valence-corrected chi connectivity index (χ1v) is 7.45. The SMILES string of the molecule is CC(NC(=O)Cc1ccc(O)cc1Cl)C(O)c1ccc(F)cc1. The molecule has 0 bridgehead atoms. The number of halogens is 2. The maximum absolute atomic E-state index is 12.9. The van der Waals surface area contributed by atoms with E-state index >= 15 is 0 Å². The van der Waals surface area contributed by atoms with Crippen LogP contribution in [-0.4, -0.2) is 22.2 Å². The van der Waals surface area contributed by atoms with Crippen molar-refractivity contribution in [1.29, 1.82) is 0 Å². The lowest BCUT2D eigenvalue weighted by atomic mass is 10.0. The molecule has 0 aromatic heterocycles. The summed E-state index contributed by atoms with van der Waals surface area (Å²) in [7, 11) is 0. The van der Waals surface area contributed by atoms with Crippen LogP contribution in [0.15, 0.2) is 42.5 Å². The Kier molecular flexibility index (Phi) is 5.58. The lowest BCUT2D eigenvalue weighted by Gasteiger charge is -2.21. The summed E-state index contributed by atoms with van der Waals surface area (Å²) < 4.78 is 12.9. The van der Waals surface area contributed by atoms with Crippen molar-refractivity contribution >= 4 is 17.5 Å². The summed E-state index contributed by atoms with van der Waals surface area (Å²) in [5.41, 5.74) is 1.09. The number of hydrogen-bond donors (Lipinski definition) is 3. The molecule has 2 aromatic rings. The van der Waals surface area contributed by atoms with Crippen LogP contribution in [0.2, 0.25) is 5.02 Å². The molecule has 2 unspecified atom stereocenters. The summed E-state index contributed by atoms with van der Waals surface area (Å²) in [5.74, 6) is -0.676. The van der Waals surface area contributed by atoms with Crippen LogP contribution in [0.3, 0.4) is 0 Å². The molecule has 0 heterocycles. The van der Waals surface area contributed by atoms with Crippen LogP contribution >= 0.6 is 11.6 Å². The molecule has 0 radical (unpaired) electrons. The number of nitrogens with one attached hydrogen (secondary N) is 1. The molecule has 0 spiro atoms. The average molecular weight is 338 g/mol. The van der Waals surface area contributed by atoms with Gasteiger partial charge >= 0.3 is 0 Å². The van der Waals surface area contributed by atoms with Crippen molar-refractivity contribution < 1.29 is 19.4 Å². The number of rotatable bonds is 5. The van der Waals surface area contributed by atoms with Gasteiger partial charge in [0, 0.05) is 5.02 Å². The molecule has 2 atom stereocenters. The van der Waals surface area contributed by atoms with Crippen LogP contribution in [0.25, 0.3) is 0 Å². The minimum absolute atomic E-state index is 0.0271. The zero-order valence-electron chi connectivity index (χ0n) is 12.5. The second-order valence-corrected chi connectivity index (χ2v) is 5.71. The summed E-state index contributed by atoms with van der Waals surface area (Å²) in [5, 5.41) is 22.5. The quantitative estimate of drug-likeness (QED) is 0.785. The maximum Gasteiger partial charge on any atom is 0.224 e. The van der Waals surface area contributed by atoms with E-state index in [1.165, 1.54) is 36.4 Å². The fraction of sp³-hybridized carbons (Fsp3) is 0.235. The van der Waals surface area contributed by atoms with Crippen LogP contribution in [0.1, 0.15) is 24.2 Å². The Hall–Kier alpha value is -2.11. The van der Waals surface area contributed by atoms with Crippen LogP contribution in [0.4, 0.5) is 4.39 Å². The standard InChI is InChI=1S/C17H17ClFNO3/c1-10(17(23)11-2-5-13(19)6-3-11)20-16(22)8-12-4-7-14(21)9-15(12)18/h2-7,9-10,17,21,23H,8H2,1H3,(H,20,22). The molecule has 0 aliphatic heterocycles. The largest absolute Gasteiger partial charge is 0.508 e. The number of benzene rings is 2. The van der Waals surface area contributed by atoms with E-state index in [-0.39, 0.29) is 23.9 Å². The molecule has 0 aliphatic rings. The Morgan fingerprint density at radius 2 is 1.91 bits per heavy atom. The van der Waals surface area contributed by atoms with Gasteiger partial charge in [-0.15, -0.1) is 0 Å². The van der Waals surface area contributed by atoms with E-state index in [1.807, 2.05) is 0 Å². The van der Waals surface area contributed by atoms with Crippen molar-refractivity contribution in [1.82, 2.24) is 5.32 Å². The molecule has 2 rings (SSSR count). The van der Waals surface area contributed by atoms with Crippen molar-refractivity contribution in [3.8, 4) is 5.75 Å². The molecule has 1 amide bonds. The molecule has 3 N–H and O–H groups in total. The second-order valence-electron chi connectivity index (χ2n) is 5.31. The highest BCUT2D eigenvalue weighted by molar-refractivity contribution is 6.31. The van der Waals surface area contributed by atoms with E-state index in [0.717, 1.165) is 0 Å². The first kappa shape index (κ1) is 17.2. The lowest BCUT2D eigenvalue weighted by molar-refractivity contribution is -0.121. The number of carbonyl (C=O) groups excluding carboxylic acids is 1. The highest BCUT2D eigenvalue weighted by Gasteiger charge is 2.19. The summed E-state index contributed by atoms with van der Waals surface area (Å²) in [6, 6.07) is 9.28. The number of phenolic OH excluding ortho intramolecular Hbond substituents is 1. The highest BCUT2D eigenvalue weighted by Crippen LogP contribution is 2.22. The third kappa shape index (κ3) is 4.68. The van der Waals surface area contributed by atoms with Gasteiger partial charge < -0.3 is 15.5 Å². The van der Waals surface area contributed by atoms with Crippen LogP contribution in [-0.2, 0) is 11.2 Å². The molecule has 4 nitrogen and oxygen atoms in total. The predicted molar refractivity (Wildman–Crippen MR) is 85.8 cm³/mol. The Balaban J connectivity index is 1.97. The molecule has 0 saturated carbocycles. The number of amides is 1. The predicted octanol–water partition coefficient (Wildman–Crippen LogP) is 2.97. The van der Waals surface area contributed by atoms with Gasteiger partial charge in [-0.05, 0) is 42.3 Å². The van der Waals surface area contributed by atoms with Gasteiger partial charge in [0.05, 0.1) is 18.6 Å². The fourth-order valence-electron chi connectivity index (χ4n) is 2.19. The molecule has 122 valence electrons. The van der Waals surface area contributed by atoms with Crippen molar-refractivity contribution in [3.63, 3.8) is 0 Å². The normalized spacial score (nSPS) is 13.4. The Bertz CT molecular complexity index is 691. The summed E-state index contributed by atoms with van der Waals surface area (Å²) in [4.78, 5) is 12.0. The van der Waals surface area contributed by atoms with E-state index in [1.54, 1.807) is 13.0 Å². The fourth-order valence-corrected chi connectivity index (χ4v) is 2.43. The molecular formula is C17H17ClFNO3. The van der Waals surface area contributed by atoms with Gasteiger partial charge in [0.1, 0.15) is 11.6 Å². The Morgan fingerprint density at radius 1 is 1.26 bits per heavy atom. The van der Waals surface area contributed by atoms with Crippen molar-refractivity contribution in [2.45, 2.75) is 25.5 Å². The van der Waals surface area contributed by atoms with Gasteiger partial charge in [-0.25, -0.2) is 4.39 Å². The van der Waals surface area contributed by atoms with Crippen molar-refractivity contribution in [2.75, 3.05) is 0 Å². The molecule has 23 heavy (non-hydrogen) atoms. The van der Waals surface area contributed by atoms with Crippen LogP contribution in [0.5, 0.6) is 5.75 Å². The monoisotopic (exact) mass is 337 g/mol. The van der Waals surface area contributed by atoms with Crippen LogP contribution in [0, 0.1) is 5.82 Å². The number of carbonyl (C=O) groups is 1. The van der Waals surface area contributed by atoms with E-state index in [4.69, 9.17) is 11.6 Å². The molecule has 0 fully saturated rings. The number of aliphatic hydroxyl groups is 1. The number of hydrogen-bond acceptors (Lipinski definition) is 3. The van der Waals surface area contributed by atoms with E-state index < -0.39 is 12.1 Å². The lowest BCUT2D eigenvalue weighted by Crippen LogP contribution is -2.38. The van der Waals surface area contributed by atoms with E-state index in [9.17, 15) is 19.4 Å². The first-order valence-electron chi connectivity index (χ1n) is 7.07. The second kappa shape index (κ2) is 7.44. The molecular weight excluding hydrogens is 321 g/mol. The Labute approximate surface area is 138 Å². The highest BCUT2D eigenvalue weighted by atomic mass is 35.5. The molecule has 0 saturated heterocycles. The van der Waals surface area contributed by atoms with E-state index in [2.05, 4.69) is 5.32 Å². The van der Waals surface area contributed by atoms with Gasteiger partial charge in [-0.2, -0.15) is 0 Å². The molecule has 2 aromatic carbocycles. The Morgan fingerprint density at radius 3 is 2.52 bits per heavy atom. The zero-order valence-corrected chi connectivity index (χ0v) is 13.2. The summed E-state index contributed by atoms with van der Waals surface area (Å²) >= 11 is 5.96. The summed E-state index contributed by atoms with van der Waals surface area (Å²) in [6.07, 6.45) is -0.922. The zero-order chi connectivity index (χ0) is 17.0. The summed E-state index contributed by atoms with van der Waals surface area (Å²) in [6.45, 7) is 1.66. The smallest absolute Gasteiger partial charge is 0.224 e. The third-order valence-corrected chi connectivity index (χ3v) is 3.81. The number of aromatic hydroxyl groups is 1. The first-order chi connectivity index (χ1) is 10.9. The van der Waals surface area contributed by atoms with Crippen molar-refractivity contribution in [2.24, 2.45) is 0 Å². The minimum atomic E-state index is -0.949. The van der Waals surface area contributed by atoms with Gasteiger partial charge in [0.2, 0.25) is 5.91 Å². The molecule has 0 aliphatic carbocycles. The van der Waals surface area contributed by atoms with Gasteiger partial charge in [-0.3, -0.25) is 4.79 Å². The third-order valence-electron chi connectivity index (χ3n) is 3.46. The van der Waals surface area contributed by atoms with Gasteiger partial charge in [0.25, 0.3) is 0 Å². The van der Waals surface area contributed by atoms with E-state index in [0.29, 0.717) is 16.1 Å². The van der Waals surface area contributed by atoms with Crippen molar-refractivity contribution in [3.05, 3.63) is 64.4 Å². The number of aliphatic hydroxyl groups excluding tert-OH is 1. The topological polar surface area (TPSA) is 69.6 Å². The maximum atomic E-state index is 12.9. The molecule has 6 heteroatoms. The average Bonchev–Trinajstić information content (AvgIpc) is 2.50. The van der Waals surface area contributed by atoms with Crippen LogP contribution < -0.4 is 5.32 Å². The van der Waals surface area contributed by atoms with Gasteiger partial charge in [-0.1, -0.05) is 29.8 Å². The van der Waals surface area contributed by atoms with Gasteiger partial charge in [0.15, 0.2) is 0 Å².